The summed E-state index contributed by atoms with van der Waals surface area (Å²) in [5, 5.41) is 8.35. The quantitative estimate of drug-likeness (QED) is 0.268. The zero-order valence-corrected chi connectivity index (χ0v) is 21.0. The van der Waals surface area contributed by atoms with Crippen molar-refractivity contribution in [1.82, 2.24) is 0 Å². The predicted octanol–water partition coefficient (Wildman–Crippen LogP) is 9.82. The molecule has 0 radical (unpaired) electrons. The van der Waals surface area contributed by atoms with E-state index in [1.54, 1.807) is 0 Å². The van der Waals surface area contributed by atoms with E-state index in [2.05, 4.69) is 140 Å². The first-order valence-electron chi connectivity index (χ1n) is 13.1. The van der Waals surface area contributed by atoms with Crippen molar-refractivity contribution >= 4 is 44.1 Å². The second-order valence-electron chi connectivity index (χ2n) is 10.4. The van der Waals surface area contributed by atoms with Gasteiger partial charge in [0, 0.05) is 33.6 Å². The molecule has 0 aliphatic heterocycles. The van der Waals surface area contributed by atoms with Crippen molar-refractivity contribution in [1.29, 1.82) is 0 Å². The van der Waals surface area contributed by atoms with Crippen LogP contribution < -0.4 is 5.32 Å². The van der Waals surface area contributed by atoms with Crippen molar-refractivity contribution in [2.45, 2.75) is 12.3 Å². The fourth-order valence-corrected chi connectivity index (χ4v) is 6.38. The Morgan fingerprint density at radius 1 is 0.526 bits per heavy atom. The highest BCUT2D eigenvalue weighted by molar-refractivity contribution is 6.10. The van der Waals surface area contributed by atoms with E-state index in [0.29, 0.717) is 0 Å². The third-order valence-electron chi connectivity index (χ3n) is 8.29. The van der Waals surface area contributed by atoms with Gasteiger partial charge in [-0.15, -0.1) is 0 Å². The maximum absolute atomic E-state index is 6.30. The fraction of sp³-hybridized carbons (Fsp3) is 0.0556. The molecule has 6 aromatic carbocycles. The maximum atomic E-state index is 6.30. The van der Waals surface area contributed by atoms with E-state index in [-0.39, 0.29) is 5.41 Å². The van der Waals surface area contributed by atoms with E-state index < -0.39 is 0 Å². The molecule has 180 valence electrons. The molecule has 7 aromatic rings. The third-order valence-corrected chi connectivity index (χ3v) is 8.29. The second-order valence-corrected chi connectivity index (χ2v) is 10.4. The molecule has 0 bridgehead atoms. The van der Waals surface area contributed by atoms with Crippen molar-refractivity contribution in [3.8, 4) is 11.1 Å². The minimum Gasteiger partial charge on any atom is -0.456 e. The number of benzene rings is 6. The number of anilines is 2. The normalized spacial score (nSPS) is 13.6. The zero-order chi connectivity index (χ0) is 25.3. The molecule has 0 atom stereocenters. The molecular weight excluding hydrogens is 462 g/mol. The van der Waals surface area contributed by atoms with Crippen LogP contribution >= 0.6 is 0 Å². The van der Waals surface area contributed by atoms with Crippen LogP contribution in [0.15, 0.2) is 132 Å². The highest BCUT2D eigenvalue weighted by Crippen LogP contribution is 2.52. The van der Waals surface area contributed by atoms with Gasteiger partial charge in [-0.1, -0.05) is 84.9 Å². The minimum atomic E-state index is -0.213. The highest BCUT2D eigenvalue weighted by Gasteiger charge is 2.40. The third kappa shape index (κ3) is 3.01. The molecule has 1 aliphatic carbocycles. The molecule has 0 fully saturated rings. The average molecular weight is 488 g/mol. The van der Waals surface area contributed by atoms with E-state index >= 15 is 0 Å². The van der Waals surface area contributed by atoms with Gasteiger partial charge in [0.1, 0.15) is 11.2 Å². The van der Waals surface area contributed by atoms with Crippen molar-refractivity contribution in [2.24, 2.45) is 0 Å². The van der Waals surface area contributed by atoms with Crippen molar-refractivity contribution in [3.63, 3.8) is 0 Å². The summed E-state index contributed by atoms with van der Waals surface area (Å²) in [4.78, 5) is 0. The molecule has 1 aliphatic rings. The van der Waals surface area contributed by atoms with Gasteiger partial charge in [-0.25, -0.2) is 0 Å². The highest BCUT2D eigenvalue weighted by atomic mass is 16.3. The van der Waals surface area contributed by atoms with Gasteiger partial charge in [0.05, 0.1) is 0 Å². The van der Waals surface area contributed by atoms with Gasteiger partial charge in [-0.05, 0) is 81.9 Å². The van der Waals surface area contributed by atoms with Gasteiger partial charge in [0.25, 0.3) is 0 Å². The molecule has 38 heavy (non-hydrogen) atoms. The topological polar surface area (TPSA) is 25.2 Å². The number of rotatable bonds is 3. The lowest BCUT2D eigenvalue weighted by Crippen LogP contribution is -2.22. The van der Waals surface area contributed by atoms with Crippen LogP contribution in [0.1, 0.15) is 23.6 Å². The largest absolute Gasteiger partial charge is 0.456 e. The standard InChI is InChI=1S/C36H25NO/c1-36(32-15-6-4-13-28(32)29-14-5-7-16-33(29)36)25-11-8-12-26(21-25)37-27-17-18-30-31-19-23-9-2-3-10-24(23)20-34(31)38-35(30)22-27/h2-22,37H,1H3. The summed E-state index contributed by atoms with van der Waals surface area (Å²) >= 11 is 0. The van der Waals surface area contributed by atoms with E-state index in [1.807, 2.05) is 0 Å². The Labute approximate surface area is 221 Å². The van der Waals surface area contributed by atoms with E-state index in [9.17, 15) is 0 Å². The molecule has 1 N–H and O–H groups in total. The smallest absolute Gasteiger partial charge is 0.137 e. The molecular formula is C36H25NO. The zero-order valence-electron chi connectivity index (χ0n) is 21.0. The summed E-state index contributed by atoms with van der Waals surface area (Å²) < 4.78 is 6.30. The van der Waals surface area contributed by atoms with Crippen LogP contribution in [0.2, 0.25) is 0 Å². The molecule has 0 unspecified atom stereocenters. The Morgan fingerprint density at radius 3 is 1.92 bits per heavy atom. The number of fused-ring (bicyclic) bond motifs is 7. The van der Waals surface area contributed by atoms with Gasteiger partial charge in [-0.3, -0.25) is 0 Å². The monoisotopic (exact) mass is 487 g/mol. The predicted molar refractivity (Wildman–Crippen MR) is 158 cm³/mol. The lowest BCUT2D eigenvalue weighted by molar-refractivity contribution is 0.669. The minimum absolute atomic E-state index is 0.213. The second kappa shape index (κ2) is 7.84. The number of furan rings is 1. The van der Waals surface area contributed by atoms with Crippen LogP contribution in [-0.2, 0) is 5.41 Å². The Hall–Kier alpha value is -4.82. The summed E-state index contributed by atoms with van der Waals surface area (Å²) in [5.74, 6) is 0. The average Bonchev–Trinajstić information content (AvgIpc) is 3.44. The number of hydrogen-bond acceptors (Lipinski definition) is 2. The van der Waals surface area contributed by atoms with Gasteiger partial charge in [0.2, 0.25) is 0 Å². The van der Waals surface area contributed by atoms with Crippen LogP contribution in [0.25, 0.3) is 43.8 Å². The first-order valence-corrected chi connectivity index (χ1v) is 13.1. The summed E-state index contributed by atoms with van der Waals surface area (Å²) in [6.07, 6.45) is 0. The van der Waals surface area contributed by atoms with Crippen molar-refractivity contribution in [3.05, 3.63) is 144 Å². The van der Waals surface area contributed by atoms with E-state index in [4.69, 9.17) is 4.42 Å². The molecule has 0 amide bonds. The molecule has 1 heterocycles. The SMILES string of the molecule is CC1(c2cccc(Nc3ccc4c(c3)oc3cc5ccccc5cc34)c2)c2ccccc2-c2ccccc21. The summed E-state index contributed by atoms with van der Waals surface area (Å²) in [5.41, 5.74) is 10.3. The molecule has 8 rings (SSSR count). The molecule has 0 spiro atoms. The Balaban J connectivity index is 1.19. The van der Waals surface area contributed by atoms with Gasteiger partial charge >= 0.3 is 0 Å². The molecule has 2 heteroatoms. The number of nitrogens with one attached hydrogen (secondary N) is 1. The lowest BCUT2D eigenvalue weighted by Gasteiger charge is -2.28. The Kier molecular flexibility index (Phi) is 4.39. The summed E-state index contributed by atoms with van der Waals surface area (Å²) in [7, 11) is 0. The van der Waals surface area contributed by atoms with Crippen molar-refractivity contribution < 1.29 is 4.42 Å². The first-order chi connectivity index (χ1) is 18.7. The van der Waals surface area contributed by atoms with Crippen molar-refractivity contribution in [2.75, 3.05) is 5.32 Å². The molecule has 0 saturated heterocycles. The van der Waals surface area contributed by atoms with E-state index in [1.165, 1.54) is 38.6 Å². The van der Waals surface area contributed by atoms with Crippen LogP contribution in [0.5, 0.6) is 0 Å². The van der Waals surface area contributed by atoms with Crippen LogP contribution in [0.3, 0.4) is 0 Å². The Bertz CT molecular complexity index is 1980. The van der Waals surface area contributed by atoms with Crippen LogP contribution in [-0.4, -0.2) is 0 Å². The summed E-state index contributed by atoms with van der Waals surface area (Å²) in [6, 6.07) is 45.6. The van der Waals surface area contributed by atoms with Crippen LogP contribution in [0.4, 0.5) is 11.4 Å². The van der Waals surface area contributed by atoms with Gasteiger partial charge in [0.15, 0.2) is 0 Å². The maximum Gasteiger partial charge on any atom is 0.137 e. The fourth-order valence-electron chi connectivity index (χ4n) is 6.38. The summed E-state index contributed by atoms with van der Waals surface area (Å²) in [6.45, 7) is 2.35. The molecule has 2 nitrogen and oxygen atoms in total. The van der Waals surface area contributed by atoms with Gasteiger partial charge in [-0.2, -0.15) is 0 Å². The van der Waals surface area contributed by atoms with E-state index in [0.717, 1.165) is 33.3 Å². The first kappa shape index (κ1) is 21.3. The molecule has 1 aromatic heterocycles. The van der Waals surface area contributed by atoms with Gasteiger partial charge < -0.3 is 9.73 Å². The lowest BCUT2D eigenvalue weighted by atomic mass is 9.74. The molecule has 0 saturated carbocycles. The van der Waals surface area contributed by atoms with Crippen LogP contribution in [0, 0.1) is 0 Å². The Morgan fingerprint density at radius 2 is 1.16 bits per heavy atom. The number of hydrogen-bond donors (Lipinski definition) is 1.